The molecule has 0 aliphatic carbocycles. The number of carbonyl (C=O) groups excluding carboxylic acids is 1. The largest absolute Gasteiger partial charge is 0.465 e. The topological polar surface area (TPSA) is 64.2 Å². The molecule has 0 spiro atoms. The molecule has 6 nitrogen and oxygen atoms in total. The SMILES string of the molecule is O=C(/C=C/c1ccco1)N1CC(n2ccnn2)C1. The zero-order valence-corrected chi connectivity index (χ0v) is 9.64. The van der Waals surface area contributed by atoms with E-state index >= 15 is 0 Å². The Balaban J connectivity index is 1.54. The van der Waals surface area contributed by atoms with Gasteiger partial charge in [-0.15, -0.1) is 5.10 Å². The fraction of sp³-hybridized carbons (Fsp3) is 0.250. The third kappa shape index (κ3) is 2.04. The lowest BCUT2D eigenvalue weighted by Crippen LogP contribution is -2.50. The van der Waals surface area contributed by atoms with Gasteiger partial charge in [-0.2, -0.15) is 0 Å². The Morgan fingerprint density at radius 2 is 2.39 bits per heavy atom. The Morgan fingerprint density at radius 3 is 3.06 bits per heavy atom. The molecule has 1 aliphatic heterocycles. The summed E-state index contributed by atoms with van der Waals surface area (Å²) in [4.78, 5) is 13.5. The number of rotatable bonds is 3. The van der Waals surface area contributed by atoms with Crippen molar-refractivity contribution < 1.29 is 9.21 Å². The van der Waals surface area contributed by atoms with Gasteiger partial charge in [-0.1, -0.05) is 5.21 Å². The Bertz CT molecular complexity index is 539. The van der Waals surface area contributed by atoms with Crippen molar-refractivity contribution in [3.8, 4) is 0 Å². The number of furan rings is 1. The van der Waals surface area contributed by atoms with Crippen LogP contribution in [0.2, 0.25) is 0 Å². The van der Waals surface area contributed by atoms with E-state index < -0.39 is 0 Å². The molecule has 0 unspecified atom stereocenters. The van der Waals surface area contributed by atoms with E-state index in [4.69, 9.17) is 4.42 Å². The predicted octanol–water partition coefficient (Wildman–Crippen LogP) is 0.968. The van der Waals surface area contributed by atoms with Gasteiger partial charge in [0.15, 0.2) is 0 Å². The monoisotopic (exact) mass is 244 g/mol. The van der Waals surface area contributed by atoms with Crippen LogP contribution < -0.4 is 0 Å². The smallest absolute Gasteiger partial charge is 0.246 e. The van der Waals surface area contributed by atoms with Crippen molar-refractivity contribution in [2.75, 3.05) is 13.1 Å². The van der Waals surface area contributed by atoms with E-state index in [9.17, 15) is 4.79 Å². The van der Waals surface area contributed by atoms with Gasteiger partial charge in [-0.25, -0.2) is 4.68 Å². The summed E-state index contributed by atoms with van der Waals surface area (Å²) in [6.45, 7) is 1.34. The van der Waals surface area contributed by atoms with E-state index in [-0.39, 0.29) is 11.9 Å². The summed E-state index contributed by atoms with van der Waals surface area (Å²) in [6.07, 6.45) is 8.22. The minimum absolute atomic E-state index is 0.0113. The van der Waals surface area contributed by atoms with Crippen LogP contribution in [0.4, 0.5) is 0 Å². The third-order valence-corrected chi connectivity index (χ3v) is 2.92. The second kappa shape index (κ2) is 4.48. The highest BCUT2D eigenvalue weighted by molar-refractivity contribution is 5.92. The average molecular weight is 244 g/mol. The first-order chi connectivity index (χ1) is 8.83. The van der Waals surface area contributed by atoms with Crippen LogP contribution in [0.15, 0.2) is 41.3 Å². The van der Waals surface area contributed by atoms with Gasteiger partial charge in [0, 0.05) is 25.4 Å². The van der Waals surface area contributed by atoms with Gasteiger partial charge >= 0.3 is 0 Å². The highest BCUT2D eigenvalue weighted by Gasteiger charge is 2.31. The molecule has 1 amide bonds. The number of aromatic nitrogens is 3. The highest BCUT2D eigenvalue weighted by Crippen LogP contribution is 2.20. The van der Waals surface area contributed by atoms with Crippen molar-refractivity contribution in [1.29, 1.82) is 0 Å². The number of carbonyl (C=O) groups is 1. The summed E-state index contributed by atoms with van der Waals surface area (Å²) in [7, 11) is 0. The molecule has 0 N–H and O–H groups in total. The molecule has 1 saturated heterocycles. The van der Waals surface area contributed by atoms with Crippen LogP contribution in [-0.2, 0) is 4.79 Å². The third-order valence-electron chi connectivity index (χ3n) is 2.92. The van der Waals surface area contributed by atoms with E-state index in [0.29, 0.717) is 18.8 Å². The molecular formula is C12H12N4O2. The molecule has 3 rings (SSSR count). The number of amides is 1. The van der Waals surface area contributed by atoms with Crippen molar-refractivity contribution in [3.63, 3.8) is 0 Å². The van der Waals surface area contributed by atoms with Crippen molar-refractivity contribution >= 4 is 12.0 Å². The number of hydrogen-bond acceptors (Lipinski definition) is 4. The van der Waals surface area contributed by atoms with Crippen molar-refractivity contribution in [2.24, 2.45) is 0 Å². The predicted molar refractivity (Wildman–Crippen MR) is 63.4 cm³/mol. The minimum atomic E-state index is -0.0113. The van der Waals surface area contributed by atoms with E-state index in [1.54, 1.807) is 40.3 Å². The van der Waals surface area contributed by atoms with E-state index in [1.807, 2.05) is 6.20 Å². The lowest BCUT2D eigenvalue weighted by atomic mass is 10.1. The molecule has 3 heterocycles. The number of likely N-dealkylation sites (tertiary alicyclic amines) is 1. The molecule has 2 aromatic heterocycles. The summed E-state index contributed by atoms with van der Waals surface area (Å²) in [6, 6.07) is 3.83. The fourth-order valence-electron chi connectivity index (χ4n) is 1.86. The van der Waals surface area contributed by atoms with Crippen molar-refractivity contribution in [3.05, 3.63) is 42.6 Å². The lowest BCUT2D eigenvalue weighted by Gasteiger charge is -2.38. The summed E-state index contributed by atoms with van der Waals surface area (Å²) in [5.74, 6) is 0.666. The standard InChI is InChI=1S/C12H12N4O2/c17-12(4-3-11-2-1-7-18-11)15-8-10(9-15)16-6-5-13-14-16/h1-7,10H,8-9H2/b4-3+. The number of nitrogens with zero attached hydrogens (tertiary/aromatic N) is 4. The molecule has 0 atom stereocenters. The quantitative estimate of drug-likeness (QED) is 0.755. The molecule has 0 aromatic carbocycles. The van der Waals surface area contributed by atoms with Crippen molar-refractivity contribution in [1.82, 2.24) is 19.9 Å². The molecule has 2 aromatic rings. The van der Waals surface area contributed by atoms with Gasteiger partial charge in [0.05, 0.1) is 18.5 Å². The Kier molecular flexibility index (Phi) is 2.68. The Morgan fingerprint density at radius 1 is 1.50 bits per heavy atom. The first-order valence-electron chi connectivity index (χ1n) is 5.69. The number of hydrogen-bond donors (Lipinski definition) is 0. The zero-order valence-electron chi connectivity index (χ0n) is 9.64. The molecule has 6 heteroatoms. The zero-order chi connectivity index (χ0) is 12.4. The second-order valence-corrected chi connectivity index (χ2v) is 4.13. The molecule has 1 aliphatic rings. The molecule has 0 bridgehead atoms. The molecule has 18 heavy (non-hydrogen) atoms. The van der Waals surface area contributed by atoms with Gasteiger partial charge < -0.3 is 9.32 Å². The van der Waals surface area contributed by atoms with Gasteiger partial charge in [0.1, 0.15) is 5.76 Å². The summed E-state index contributed by atoms with van der Waals surface area (Å²) in [5.41, 5.74) is 0. The Labute approximate surface area is 103 Å². The summed E-state index contributed by atoms with van der Waals surface area (Å²) in [5, 5.41) is 7.66. The van der Waals surface area contributed by atoms with Gasteiger partial charge in [0.2, 0.25) is 5.91 Å². The summed E-state index contributed by atoms with van der Waals surface area (Å²) >= 11 is 0. The van der Waals surface area contributed by atoms with E-state index in [1.165, 1.54) is 6.08 Å². The maximum atomic E-state index is 11.8. The molecule has 92 valence electrons. The molecular weight excluding hydrogens is 232 g/mol. The van der Waals surface area contributed by atoms with Crippen LogP contribution in [0.25, 0.3) is 6.08 Å². The average Bonchev–Trinajstić information content (AvgIpc) is 2.97. The van der Waals surface area contributed by atoms with Crippen LogP contribution in [-0.4, -0.2) is 38.9 Å². The van der Waals surface area contributed by atoms with Crippen LogP contribution in [0, 0.1) is 0 Å². The first kappa shape index (κ1) is 10.8. The van der Waals surface area contributed by atoms with Crippen molar-refractivity contribution in [2.45, 2.75) is 6.04 Å². The maximum Gasteiger partial charge on any atom is 0.246 e. The lowest BCUT2D eigenvalue weighted by molar-refractivity contribution is -0.131. The normalized spacial score (nSPS) is 16.1. The highest BCUT2D eigenvalue weighted by atomic mass is 16.3. The van der Waals surface area contributed by atoms with E-state index in [2.05, 4.69) is 10.3 Å². The fourth-order valence-corrected chi connectivity index (χ4v) is 1.86. The van der Waals surface area contributed by atoms with Gasteiger partial charge in [0.25, 0.3) is 0 Å². The van der Waals surface area contributed by atoms with Crippen LogP contribution in [0.1, 0.15) is 11.8 Å². The first-order valence-corrected chi connectivity index (χ1v) is 5.69. The Hall–Kier alpha value is -2.37. The van der Waals surface area contributed by atoms with Crippen LogP contribution >= 0.6 is 0 Å². The van der Waals surface area contributed by atoms with Gasteiger partial charge in [-0.05, 0) is 18.2 Å². The maximum absolute atomic E-state index is 11.8. The van der Waals surface area contributed by atoms with Gasteiger partial charge in [-0.3, -0.25) is 4.79 Å². The van der Waals surface area contributed by atoms with Crippen LogP contribution in [0.5, 0.6) is 0 Å². The molecule has 0 saturated carbocycles. The van der Waals surface area contributed by atoms with Crippen LogP contribution in [0.3, 0.4) is 0 Å². The summed E-state index contributed by atoms with van der Waals surface area (Å²) < 4.78 is 6.89. The molecule has 0 radical (unpaired) electrons. The van der Waals surface area contributed by atoms with E-state index in [0.717, 1.165) is 0 Å². The second-order valence-electron chi connectivity index (χ2n) is 4.13. The minimum Gasteiger partial charge on any atom is -0.465 e. The molecule has 1 fully saturated rings.